The van der Waals surface area contributed by atoms with Crippen molar-refractivity contribution in [1.82, 2.24) is 14.8 Å². The van der Waals surface area contributed by atoms with Gasteiger partial charge in [-0.2, -0.15) is 5.10 Å². The van der Waals surface area contributed by atoms with Gasteiger partial charge in [0.05, 0.1) is 11.3 Å². The Morgan fingerprint density at radius 2 is 2.09 bits per heavy atom. The smallest absolute Gasteiger partial charge is 0.138 e. The highest BCUT2D eigenvalue weighted by Crippen LogP contribution is 2.26. The van der Waals surface area contributed by atoms with Crippen LogP contribution in [0, 0.1) is 0 Å². The molecular formula is C16H20BrN3O2. The molecule has 0 aliphatic carbocycles. The van der Waals surface area contributed by atoms with Gasteiger partial charge >= 0.3 is 0 Å². The molecule has 0 aliphatic heterocycles. The molecular weight excluding hydrogens is 346 g/mol. The number of aromatic nitrogens is 3. The molecule has 0 aliphatic rings. The zero-order valence-electron chi connectivity index (χ0n) is 12.9. The van der Waals surface area contributed by atoms with Crippen molar-refractivity contribution < 1.29 is 9.84 Å². The second-order valence-electron chi connectivity index (χ2n) is 5.40. The van der Waals surface area contributed by atoms with Gasteiger partial charge in [0.15, 0.2) is 0 Å². The van der Waals surface area contributed by atoms with Gasteiger partial charge in [0, 0.05) is 11.1 Å². The molecule has 0 spiro atoms. The second kappa shape index (κ2) is 7.17. The van der Waals surface area contributed by atoms with Crippen molar-refractivity contribution in [2.75, 3.05) is 6.61 Å². The van der Waals surface area contributed by atoms with Crippen LogP contribution in [0.25, 0.3) is 11.8 Å². The minimum atomic E-state index is -0.849. The summed E-state index contributed by atoms with van der Waals surface area (Å²) in [7, 11) is 0. The van der Waals surface area contributed by atoms with E-state index in [2.05, 4.69) is 26.0 Å². The maximum absolute atomic E-state index is 10.8. The Kier molecular flexibility index (Phi) is 5.50. The Morgan fingerprint density at radius 3 is 2.64 bits per heavy atom. The normalized spacial score (nSPS) is 14.1. The molecule has 5 nitrogen and oxygen atoms in total. The summed E-state index contributed by atoms with van der Waals surface area (Å²) in [4.78, 5) is 3.96. The lowest BCUT2D eigenvalue weighted by molar-refractivity contribution is -0.0753. The van der Waals surface area contributed by atoms with E-state index in [1.165, 1.54) is 6.33 Å². The number of benzene rings is 1. The van der Waals surface area contributed by atoms with Crippen molar-refractivity contribution in [3.63, 3.8) is 0 Å². The first kappa shape index (κ1) is 16.9. The molecule has 0 saturated heterocycles. The topological polar surface area (TPSA) is 60.2 Å². The summed E-state index contributed by atoms with van der Waals surface area (Å²) >= 11 is 3.41. The molecule has 1 N–H and O–H groups in total. The SMILES string of the molecule is CCOC(C)(C)C(O)C(=Cc1ccc(Br)cc1)n1cncn1. The molecule has 2 rings (SSSR count). The lowest BCUT2D eigenvalue weighted by Crippen LogP contribution is -2.41. The lowest BCUT2D eigenvalue weighted by Gasteiger charge is -2.31. The number of aliphatic hydroxyl groups is 1. The largest absolute Gasteiger partial charge is 0.384 e. The summed E-state index contributed by atoms with van der Waals surface area (Å²) < 4.78 is 8.23. The Hall–Kier alpha value is -1.50. The molecule has 2 aromatic rings. The molecule has 1 aromatic carbocycles. The molecule has 0 bridgehead atoms. The molecule has 22 heavy (non-hydrogen) atoms. The van der Waals surface area contributed by atoms with Gasteiger partial charge in [0.1, 0.15) is 18.8 Å². The molecule has 6 heteroatoms. The van der Waals surface area contributed by atoms with Crippen LogP contribution in [0.5, 0.6) is 0 Å². The zero-order valence-corrected chi connectivity index (χ0v) is 14.5. The quantitative estimate of drug-likeness (QED) is 0.853. The van der Waals surface area contributed by atoms with Gasteiger partial charge in [0.25, 0.3) is 0 Å². The van der Waals surface area contributed by atoms with E-state index in [0.717, 1.165) is 10.0 Å². The first-order valence-electron chi connectivity index (χ1n) is 7.08. The first-order chi connectivity index (χ1) is 10.4. The summed E-state index contributed by atoms with van der Waals surface area (Å²) in [6, 6.07) is 7.82. The fourth-order valence-electron chi connectivity index (χ4n) is 2.15. The maximum atomic E-state index is 10.8. The molecule has 1 unspecified atom stereocenters. The van der Waals surface area contributed by atoms with Crippen LogP contribution in [0.2, 0.25) is 0 Å². The third-order valence-electron chi connectivity index (χ3n) is 3.32. The number of nitrogens with zero attached hydrogens (tertiary/aromatic N) is 3. The Labute approximate surface area is 138 Å². The van der Waals surface area contributed by atoms with E-state index in [4.69, 9.17) is 4.74 Å². The van der Waals surface area contributed by atoms with Gasteiger partial charge in [-0.3, -0.25) is 0 Å². The number of ether oxygens (including phenoxy) is 1. The first-order valence-corrected chi connectivity index (χ1v) is 7.87. The predicted octanol–water partition coefficient (Wildman–Crippen LogP) is 3.21. The van der Waals surface area contributed by atoms with Gasteiger partial charge in [-0.1, -0.05) is 28.1 Å². The lowest BCUT2D eigenvalue weighted by atomic mass is 9.97. The number of hydrogen-bond donors (Lipinski definition) is 1. The van der Waals surface area contributed by atoms with E-state index in [1.54, 1.807) is 11.0 Å². The Balaban J connectivity index is 2.41. The summed E-state index contributed by atoms with van der Waals surface area (Å²) in [5, 5.41) is 14.9. The summed E-state index contributed by atoms with van der Waals surface area (Å²) in [5.41, 5.74) is 0.834. The van der Waals surface area contributed by atoms with E-state index >= 15 is 0 Å². The Morgan fingerprint density at radius 1 is 1.41 bits per heavy atom. The van der Waals surface area contributed by atoms with Crippen molar-refractivity contribution in [3.8, 4) is 0 Å². The summed E-state index contributed by atoms with van der Waals surface area (Å²) in [5.74, 6) is 0. The summed E-state index contributed by atoms with van der Waals surface area (Å²) in [6.07, 6.45) is 4.04. The van der Waals surface area contributed by atoms with Crippen LogP contribution in [0.3, 0.4) is 0 Å². The zero-order chi connectivity index (χ0) is 16.2. The van der Waals surface area contributed by atoms with E-state index in [0.29, 0.717) is 12.3 Å². The second-order valence-corrected chi connectivity index (χ2v) is 6.32. The maximum Gasteiger partial charge on any atom is 0.138 e. The minimum absolute atomic E-state index is 0.521. The molecule has 0 radical (unpaired) electrons. The number of hydrogen-bond acceptors (Lipinski definition) is 4. The number of halogens is 1. The van der Waals surface area contributed by atoms with Gasteiger partial charge in [-0.15, -0.1) is 0 Å². The van der Waals surface area contributed by atoms with Crippen LogP contribution in [0.1, 0.15) is 26.3 Å². The summed E-state index contributed by atoms with van der Waals surface area (Å²) in [6.45, 7) is 6.13. The van der Waals surface area contributed by atoms with E-state index < -0.39 is 11.7 Å². The Bertz CT molecular complexity index is 621. The van der Waals surface area contributed by atoms with Crippen molar-refractivity contribution in [2.24, 2.45) is 0 Å². The molecule has 0 amide bonds. The van der Waals surface area contributed by atoms with Gasteiger partial charge in [-0.25, -0.2) is 9.67 Å². The highest BCUT2D eigenvalue weighted by atomic mass is 79.9. The van der Waals surface area contributed by atoms with Gasteiger partial charge in [0.2, 0.25) is 0 Å². The van der Waals surface area contributed by atoms with Crippen LogP contribution < -0.4 is 0 Å². The third kappa shape index (κ3) is 4.03. The molecule has 1 atom stereocenters. The fraction of sp³-hybridized carbons (Fsp3) is 0.375. The van der Waals surface area contributed by atoms with Crippen LogP contribution in [0.15, 0.2) is 41.4 Å². The van der Waals surface area contributed by atoms with Crippen LogP contribution in [-0.2, 0) is 4.74 Å². The number of aliphatic hydroxyl groups excluding tert-OH is 1. The van der Waals surface area contributed by atoms with Crippen molar-refractivity contribution in [2.45, 2.75) is 32.5 Å². The molecule has 1 aromatic heterocycles. The average molecular weight is 366 g/mol. The van der Waals surface area contributed by atoms with Gasteiger partial charge < -0.3 is 9.84 Å². The molecule has 118 valence electrons. The van der Waals surface area contributed by atoms with E-state index in [9.17, 15) is 5.11 Å². The van der Waals surface area contributed by atoms with E-state index in [1.807, 2.05) is 51.1 Å². The molecule has 1 heterocycles. The fourth-order valence-corrected chi connectivity index (χ4v) is 2.41. The van der Waals surface area contributed by atoms with E-state index in [-0.39, 0.29) is 0 Å². The van der Waals surface area contributed by atoms with Crippen LogP contribution in [0.4, 0.5) is 0 Å². The monoisotopic (exact) mass is 365 g/mol. The standard InChI is InChI=1S/C16H20BrN3O2/c1-4-22-16(2,3)15(21)14(20-11-18-10-19-20)9-12-5-7-13(17)8-6-12/h5-11,15,21H,4H2,1-3H3. The highest BCUT2D eigenvalue weighted by Gasteiger charge is 2.32. The molecule has 0 fully saturated rings. The predicted molar refractivity (Wildman–Crippen MR) is 90.0 cm³/mol. The highest BCUT2D eigenvalue weighted by molar-refractivity contribution is 9.10. The van der Waals surface area contributed by atoms with Crippen molar-refractivity contribution in [3.05, 3.63) is 47.0 Å². The van der Waals surface area contributed by atoms with Crippen LogP contribution in [-0.4, -0.2) is 38.2 Å². The average Bonchev–Trinajstić information content (AvgIpc) is 3.00. The molecule has 0 saturated carbocycles. The van der Waals surface area contributed by atoms with Crippen molar-refractivity contribution >= 4 is 27.7 Å². The minimum Gasteiger partial charge on any atom is -0.384 e. The third-order valence-corrected chi connectivity index (χ3v) is 3.85. The van der Waals surface area contributed by atoms with Crippen LogP contribution >= 0.6 is 15.9 Å². The number of rotatable bonds is 6. The van der Waals surface area contributed by atoms with Gasteiger partial charge in [-0.05, 0) is 44.5 Å². The van der Waals surface area contributed by atoms with Crippen molar-refractivity contribution in [1.29, 1.82) is 0 Å².